The van der Waals surface area contributed by atoms with Crippen LogP contribution in [0, 0.1) is 13.8 Å². The number of nitrogens with one attached hydrogen (secondary N) is 1. The molecule has 1 atom stereocenters. The lowest BCUT2D eigenvalue weighted by Crippen LogP contribution is -2.15. The van der Waals surface area contributed by atoms with Gasteiger partial charge < -0.3 is 16.8 Å². The zero-order valence-electron chi connectivity index (χ0n) is 12.8. The summed E-state index contributed by atoms with van der Waals surface area (Å²) in [7, 11) is 0. The summed E-state index contributed by atoms with van der Waals surface area (Å²) in [6.07, 6.45) is 0. The number of aromatic nitrogens is 4. The number of hydrogen-bond acceptors (Lipinski definition) is 8. The van der Waals surface area contributed by atoms with E-state index >= 15 is 0 Å². The molecule has 1 unspecified atom stereocenters. The first-order chi connectivity index (χ1) is 11.0. The minimum atomic E-state index is -0.210. The van der Waals surface area contributed by atoms with Crippen LogP contribution in [0.3, 0.4) is 0 Å². The van der Waals surface area contributed by atoms with Crippen LogP contribution >= 0.6 is 11.3 Å². The first-order valence-electron chi connectivity index (χ1n) is 7.05. The average molecular weight is 327 g/mol. The van der Waals surface area contributed by atoms with E-state index in [0.717, 1.165) is 21.8 Å². The minimum absolute atomic E-state index is 0.210. The molecule has 0 saturated carbocycles. The van der Waals surface area contributed by atoms with Crippen LogP contribution in [0.4, 0.5) is 16.9 Å². The molecule has 0 radical (unpaired) electrons. The van der Waals surface area contributed by atoms with E-state index in [0.29, 0.717) is 10.9 Å². The first-order valence-corrected chi connectivity index (χ1v) is 7.87. The molecule has 118 valence electrons. The van der Waals surface area contributed by atoms with E-state index in [1.807, 2.05) is 44.2 Å². The summed E-state index contributed by atoms with van der Waals surface area (Å²) < 4.78 is 0. The molecule has 0 aliphatic carbocycles. The third-order valence-electron chi connectivity index (χ3n) is 3.52. The van der Waals surface area contributed by atoms with Gasteiger partial charge in [-0.1, -0.05) is 41.7 Å². The molecule has 7 nitrogen and oxygen atoms in total. The number of rotatable bonds is 4. The van der Waals surface area contributed by atoms with E-state index in [4.69, 9.17) is 11.5 Å². The molecule has 0 saturated heterocycles. The van der Waals surface area contributed by atoms with Crippen molar-refractivity contribution in [3.05, 3.63) is 52.2 Å². The van der Waals surface area contributed by atoms with Crippen molar-refractivity contribution in [2.45, 2.75) is 19.9 Å². The second-order valence-electron chi connectivity index (χ2n) is 5.11. The van der Waals surface area contributed by atoms with Crippen LogP contribution in [0.15, 0.2) is 30.3 Å². The Hall–Kier alpha value is -2.74. The van der Waals surface area contributed by atoms with Crippen LogP contribution in [0.2, 0.25) is 0 Å². The maximum Gasteiger partial charge on any atom is 0.222 e. The Morgan fingerprint density at radius 2 is 1.78 bits per heavy atom. The van der Waals surface area contributed by atoms with Crippen molar-refractivity contribution in [2.24, 2.45) is 0 Å². The van der Waals surface area contributed by atoms with Gasteiger partial charge in [0, 0.05) is 11.3 Å². The van der Waals surface area contributed by atoms with Gasteiger partial charge in [-0.05, 0) is 19.4 Å². The molecule has 3 aromatic rings. The SMILES string of the molecule is Cc1nc(N)nc(NC(c2ccccc2)c2nnc(N)s2)c1C. The van der Waals surface area contributed by atoms with Gasteiger partial charge in [-0.2, -0.15) is 4.98 Å². The highest BCUT2D eigenvalue weighted by atomic mass is 32.1. The molecule has 0 amide bonds. The van der Waals surface area contributed by atoms with Gasteiger partial charge in [0.1, 0.15) is 16.9 Å². The molecule has 1 aromatic carbocycles. The van der Waals surface area contributed by atoms with Gasteiger partial charge >= 0.3 is 0 Å². The fraction of sp³-hybridized carbons (Fsp3) is 0.200. The Labute approximate surface area is 137 Å². The van der Waals surface area contributed by atoms with Crippen LogP contribution in [0.1, 0.15) is 27.9 Å². The van der Waals surface area contributed by atoms with Crippen molar-refractivity contribution in [3.8, 4) is 0 Å². The molecular weight excluding hydrogens is 310 g/mol. The van der Waals surface area contributed by atoms with Crippen LogP contribution in [-0.4, -0.2) is 20.2 Å². The lowest BCUT2D eigenvalue weighted by atomic mass is 10.1. The molecule has 0 spiro atoms. The Kier molecular flexibility index (Phi) is 4.07. The number of hydrogen-bond donors (Lipinski definition) is 3. The first kappa shape index (κ1) is 15.2. The van der Waals surface area contributed by atoms with E-state index in [1.54, 1.807) is 0 Å². The predicted molar refractivity (Wildman–Crippen MR) is 92.1 cm³/mol. The highest BCUT2D eigenvalue weighted by molar-refractivity contribution is 7.15. The second-order valence-corrected chi connectivity index (χ2v) is 6.15. The smallest absolute Gasteiger partial charge is 0.222 e. The van der Waals surface area contributed by atoms with E-state index in [2.05, 4.69) is 25.5 Å². The van der Waals surface area contributed by atoms with Crippen molar-refractivity contribution in [1.82, 2.24) is 20.2 Å². The third-order valence-corrected chi connectivity index (χ3v) is 4.34. The Morgan fingerprint density at radius 3 is 2.43 bits per heavy atom. The molecule has 0 aliphatic rings. The monoisotopic (exact) mass is 327 g/mol. The van der Waals surface area contributed by atoms with E-state index in [9.17, 15) is 0 Å². The van der Waals surface area contributed by atoms with Crippen LogP contribution < -0.4 is 16.8 Å². The van der Waals surface area contributed by atoms with Gasteiger partial charge in [-0.15, -0.1) is 10.2 Å². The molecule has 2 heterocycles. The normalized spacial score (nSPS) is 12.1. The van der Waals surface area contributed by atoms with E-state index in [1.165, 1.54) is 11.3 Å². The van der Waals surface area contributed by atoms with Crippen molar-refractivity contribution in [2.75, 3.05) is 16.8 Å². The number of nitrogens with zero attached hydrogens (tertiary/aromatic N) is 4. The molecular formula is C15H17N7S. The highest BCUT2D eigenvalue weighted by Crippen LogP contribution is 2.30. The number of anilines is 3. The van der Waals surface area contributed by atoms with Crippen molar-refractivity contribution in [3.63, 3.8) is 0 Å². The Bertz CT molecular complexity index is 816. The van der Waals surface area contributed by atoms with Crippen molar-refractivity contribution >= 4 is 28.2 Å². The van der Waals surface area contributed by atoms with Gasteiger partial charge in [0.25, 0.3) is 0 Å². The summed E-state index contributed by atoms with van der Waals surface area (Å²) in [5.74, 6) is 0.914. The van der Waals surface area contributed by atoms with Crippen LogP contribution in [0.5, 0.6) is 0 Å². The van der Waals surface area contributed by atoms with Crippen molar-refractivity contribution < 1.29 is 0 Å². The van der Waals surface area contributed by atoms with Crippen LogP contribution in [-0.2, 0) is 0 Å². The summed E-state index contributed by atoms with van der Waals surface area (Å²) in [4.78, 5) is 8.48. The summed E-state index contributed by atoms with van der Waals surface area (Å²) in [5.41, 5.74) is 14.3. The van der Waals surface area contributed by atoms with Crippen molar-refractivity contribution in [1.29, 1.82) is 0 Å². The van der Waals surface area contributed by atoms with Gasteiger partial charge in [-0.3, -0.25) is 0 Å². The van der Waals surface area contributed by atoms with Crippen LogP contribution in [0.25, 0.3) is 0 Å². The lowest BCUT2D eigenvalue weighted by Gasteiger charge is -2.19. The molecule has 8 heteroatoms. The molecule has 5 N–H and O–H groups in total. The van der Waals surface area contributed by atoms with Gasteiger partial charge in [-0.25, -0.2) is 4.98 Å². The topological polar surface area (TPSA) is 116 Å². The molecule has 3 rings (SSSR count). The quantitative estimate of drug-likeness (QED) is 0.673. The highest BCUT2D eigenvalue weighted by Gasteiger charge is 2.20. The van der Waals surface area contributed by atoms with E-state index in [-0.39, 0.29) is 12.0 Å². The third kappa shape index (κ3) is 3.21. The van der Waals surface area contributed by atoms with Gasteiger partial charge in [0.05, 0.1) is 0 Å². The molecule has 23 heavy (non-hydrogen) atoms. The lowest BCUT2D eigenvalue weighted by molar-refractivity contribution is 0.869. The zero-order chi connectivity index (χ0) is 16.4. The van der Waals surface area contributed by atoms with Gasteiger partial charge in [0.15, 0.2) is 0 Å². The number of nitrogen functional groups attached to an aromatic ring is 2. The summed E-state index contributed by atoms with van der Waals surface area (Å²) >= 11 is 1.34. The second kappa shape index (κ2) is 6.17. The average Bonchev–Trinajstić information content (AvgIpc) is 2.96. The summed E-state index contributed by atoms with van der Waals surface area (Å²) in [6.45, 7) is 3.85. The molecule has 0 aliphatic heterocycles. The predicted octanol–water partition coefficient (Wildman–Crippen LogP) is 2.31. The summed E-state index contributed by atoms with van der Waals surface area (Å²) in [5, 5.41) is 12.7. The molecule has 2 aromatic heterocycles. The molecule has 0 bridgehead atoms. The number of aryl methyl sites for hydroxylation is 1. The number of nitrogens with two attached hydrogens (primary N) is 2. The fourth-order valence-electron chi connectivity index (χ4n) is 2.22. The van der Waals surface area contributed by atoms with Gasteiger partial charge in [0.2, 0.25) is 11.1 Å². The maximum atomic E-state index is 5.78. The number of benzene rings is 1. The fourth-order valence-corrected chi connectivity index (χ4v) is 2.91. The Balaban J connectivity index is 2.03. The maximum absolute atomic E-state index is 5.78. The zero-order valence-corrected chi connectivity index (χ0v) is 13.6. The van der Waals surface area contributed by atoms with E-state index < -0.39 is 0 Å². The standard InChI is InChI=1S/C15H17N7S/c1-8-9(2)18-14(16)20-12(8)19-11(10-6-4-3-5-7-10)13-21-22-15(17)23-13/h3-7,11H,1-2H3,(H2,17,22)(H3,16,18,19,20). The molecule has 0 fully saturated rings. The largest absolute Gasteiger partial charge is 0.374 e. The Morgan fingerprint density at radius 1 is 1.04 bits per heavy atom. The summed E-state index contributed by atoms with van der Waals surface area (Å²) in [6, 6.07) is 9.73. The minimum Gasteiger partial charge on any atom is -0.374 e.